The van der Waals surface area contributed by atoms with E-state index < -0.39 is 6.10 Å². The van der Waals surface area contributed by atoms with Gasteiger partial charge in [-0.2, -0.15) is 0 Å². The highest BCUT2D eigenvalue weighted by atomic mass is 16.3. The number of aliphatic hydroxyl groups is 2. The molecule has 1 unspecified atom stereocenters. The summed E-state index contributed by atoms with van der Waals surface area (Å²) in [6.45, 7) is 9.02. The van der Waals surface area contributed by atoms with Crippen LogP contribution in [0.25, 0.3) is 0 Å². The fraction of sp³-hybridized carbons (Fsp3) is 0.625. The van der Waals surface area contributed by atoms with Crippen molar-refractivity contribution in [2.45, 2.75) is 45.6 Å². The molecule has 0 bridgehead atoms. The van der Waals surface area contributed by atoms with Gasteiger partial charge < -0.3 is 20.6 Å². The first-order valence-corrected chi connectivity index (χ1v) is 7.09. The summed E-state index contributed by atoms with van der Waals surface area (Å²) in [5.41, 5.74) is 2.55. The van der Waals surface area contributed by atoms with Crippen LogP contribution in [0, 0.1) is 6.92 Å². The molecule has 0 spiro atoms. The number of nitrogens with one attached hydrogen (secondary N) is 1. The molecule has 0 saturated heterocycles. The third kappa shape index (κ3) is 4.47. The van der Waals surface area contributed by atoms with Crippen LogP contribution >= 0.6 is 0 Å². The van der Waals surface area contributed by atoms with Gasteiger partial charge in [-0.05, 0) is 29.0 Å². The predicted octanol–water partition coefficient (Wildman–Crippen LogP) is 1.48. The van der Waals surface area contributed by atoms with Gasteiger partial charge in [0.05, 0.1) is 12.7 Å². The Bertz CT molecular complexity index is 438. The molecular formula is C16H27NO3. The predicted molar refractivity (Wildman–Crippen MR) is 81.2 cm³/mol. The summed E-state index contributed by atoms with van der Waals surface area (Å²) in [5, 5.41) is 32.1. The Balaban J connectivity index is 2.89. The lowest BCUT2D eigenvalue weighted by atomic mass is 9.83. The van der Waals surface area contributed by atoms with Gasteiger partial charge in [0.1, 0.15) is 5.75 Å². The topological polar surface area (TPSA) is 72.7 Å². The lowest BCUT2D eigenvalue weighted by molar-refractivity contribution is 0.167. The summed E-state index contributed by atoms with van der Waals surface area (Å²) in [4.78, 5) is 0. The van der Waals surface area contributed by atoms with E-state index in [4.69, 9.17) is 5.11 Å². The molecule has 0 aliphatic rings. The van der Waals surface area contributed by atoms with Crippen LogP contribution in [0.1, 0.15) is 37.5 Å². The fourth-order valence-corrected chi connectivity index (χ4v) is 2.26. The SMILES string of the molecule is Cc1ccc(C(C)(C)C)c(O)c1CC(O)CNCCO. The van der Waals surface area contributed by atoms with E-state index in [-0.39, 0.29) is 12.0 Å². The minimum Gasteiger partial charge on any atom is -0.507 e. The number of aliphatic hydroxyl groups excluding tert-OH is 2. The molecular weight excluding hydrogens is 254 g/mol. The minimum atomic E-state index is -0.582. The van der Waals surface area contributed by atoms with Crippen molar-refractivity contribution in [3.8, 4) is 5.75 Å². The monoisotopic (exact) mass is 281 g/mol. The molecule has 114 valence electrons. The first-order valence-electron chi connectivity index (χ1n) is 7.09. The zero-order valence-electron chi connectivity index (χ0n) is 12.9. The summed E-state index contributed by atoms with van der Waals surface area (Å²) < 4.78 is 0. The zero-order valence-corrected chi connectivity index (χ0v) is 12.9. The van der Waals surface area contributed by atoms with Crippen LogP contribution in [0.3, 0.4) is 0 Å². The average molecular weight is 281 g/mol. The van der Waals surface area contributed by atoms with Crippen LogP contribution in [0.15, 0.2) is 12.1 Å². The third-order valence-electron chi connectivity index (χ3n) is 3.43. The molecule has 4 heteroatoms. The highest BCUT2D eigenvalue weighted by Gasteiger charge is 2.22. The number of hydrogen-bond acceptors (Lipinski definition) is 4. The van der Waals surface area contributed by atoms with Crippen molar-refractivity contribution in [2.24, 2.45) is 0 Å². The molecule has 1 aromatic rings. The molecule has 0 aliphatic heterocycles. The van der Waals surface area contributed by atoms with Crippen molar-refractivity contribution in [3.05, 3.63) is 28.8 Å². The summed E-state index contributed by atoms with van der Waals surface area (Å²) in [7, 11) is 0. The Morgan fingerprint density at radius 3 is 2.45 bits per heavy atom. The van der Waals surface area contributed by atoms with Gasteiger partial charge in [0, 0.05) is 19.5 Å². The van der Waals surface area contributed by atoms with Crippen LogP contribution < -0.4 is 5.32 Å². The van der Waals surface area contributed by atoms with E-state index in [0.717, 1.165) is 16.7 Å². The van der Waals surface area contributed by atoms with Gasteiger partial charge in [-0.15, -0.1) is 0 Å². The normalized spacial score (nSPS) is 13.5. The minimum absolute atomic E-state index is 0.0521. The second-order valence-corrected chi connectivity index (χ2v) is 6.29. The standard InChI is InChI=1S/C16H27NO3/c1-11-5-6-14(16(2,3)4)15(20)13(11)9-12(19)10-17-7-8-18/h5-6,12,17-20H,7-10H2,1-4H3. The molecule has 0 aromatic heterocycles. The second kappa shape index (κ2) is 7.07. The van der Waals surface area contributed by atoms with E-state index in [2.05, 4.69) is 26.1 Å². The smallest absolute Gasteiger partial charge is 0.122 e. The highest BCUT2D eigenvalue weighted by Crippen LogP contribution is 2.35. The van der Waals surface area contributed by atoms with Crippen LogP contribution in [-0.2, 0) is 11.8 Å². The largest absolute Gasteiger partial charge is 0.507 e. The summed E-state index contributed by atoms with van der Waals surface area (Å²) in [5.74, 6) is 0.290. The quantitative estimate of drug-likeness (QED) is 0.596. The van der Waals surface area contributed by atoms with Crippen molar-refractivity contribution in [2.75, 3.05) is 19.7 Å². The summed E-state index contributed by atoms with van der Waals surface area (Å²) >= 11 is 0. The Kier molecular flexibility index (Phi) is 5.99. The van der Waals surface area contributed by atoms with Crippen molar-refractivity contribution in [3.63, 3.8) is 0 Å². The molecule has 1 atom stereocenters. The van der Waals surface area contributed by atoms with E-state index in [1.165, 1.54) is 0 Å². The molecule has 1 rings (SSSR count). The zero-order chi connectivity index (χ0) is 15.3. The van der Waals surface area contributed by atoms with Gasteiger partial charge in [0.15, 0.2) is 0 Å². The fourth-order valence-electron chi connectivity index (χ4n) is 2.26. The number of benzene rings is 1. The van der Waals surface area contributed by atoms with E-state index in [9.17, 15) is 10.2 Å². The number of phenolic OH excluding ortho intramolecular Hbond substituents is 1. The molecule has 4 nitrogen and oxygen atoms in total. The maximum absolute atomic E-state index is 10.5. The molecule has 0 amide bonds. The Morgan fingerprint density at radius 1 is 1.25 bits per heavy atom. The lowest BCUT2D eigenvalue weighted by Crippen LogP contribution is -2.30. The second-order valence-electron chi connectivity index (χ2n) is 6.29. The number of hydrogen-bond donors (Lipinski definition) is 4. The molecule has 0 fully saturated rings. The van der Waals surface area contributed by atoms with E-state index in [0.29, 0.717) is 25.3 Å². The van der Waals surface area contributed by atoms with Gasteiger partial charge in [-0.1, -0.05) is 32.9 Å². The lowest BCUT2D eigenvalue weighted by Gasteiger charge is -2.24. The Hall–Kier alpha value is -1.10. The molecule has 0 heterocycles. The van der Waals surface area contributed by atoms with Crippen LogP contribution in [0.4, 0.5) is 0 Å². The molecule has 0 saturated carbocycles. The molecule has 0 aliphatic carbocycles. The maximum Gasteiger partial charge on any atom is 0.122 e. The van der Waals surface area contributed by atoms with Crippen molar-refractivity contribution in [1.29, 1.82) is 0 Å². The van der Waals surface area contributed by atoms with Gasteiger partial charge in [0.2, 0.25) is 0 Å². The van der Waals surface area contributed by atoms with Gasteiger partial charge >= 0.3 is 0 Å². The number of phenols is 1. The van der Waals surface area contributed by atoms with Gasteiger partial charge in [-0.3, -0.25) is 0 Å². The molecule has 0 radical (unpaired) electrons. The first-order chi connectivity index (χ1) is 9.27. The average Bonchev–Trinajstić information content (AvgIpc) is 2.33. The Labute approximate surface area is 121 Å². The van der Waals surface area contributed by atoms with E-state index >= 15 is 0 Å². The van der Waals surface area contributed by atoms with Crippen molar-refractivity contribution >= 4 is 0 Å². The van der Waals surface area contributed by atoms with Gasteiger partial charge in [0.25, 0.3) is 0 Å². The van der Waals surface area contributed by atoms with Crippen LogP contribution in [0.5, 0.6) is 5.75 Å². The maximum atomic E-state index is 10.5. The number of rotatable bonds is 6. The van der Waals surface area contributed by atoms with E-state index in [1.807, 2.05) is 19.1 Å². The Morgan fingerprint density at radius 2 is 1.90 bits per heavy atom. The van der Waals surface area contributed by atoms with Gasteiger partial charge in [-0.25, -0.2) is 0 Å². The summed E-state index contributed by atoms with van der Waals surface area (Å²) in [6.07, 6.45) is -0.179. The van der Waals surface area contributed by atoms with Crippen LogP contribution in [-0.4, -0.2) is 41.1 Å². The van der Waals surface area contributed by atoms with Crippen molar-refractivity contribution < 1.29 is 15.3 Å². The number of aromatic hydroxyl groups is 1. The first kappa shape index (κ1) is 17.0. The number of aryl methyl sites for hydroxylation is 1. The third-order valence-corrected chi connectivity index (χ3v) is 3.43. The highest BCUT2D eigenvalue weighted by molar-refractivity contribution is 5.48. The summed E-state index contributed by atoms with van der Waals surface area (Å²) in [6, 6.07) is 3.94. The van der Waals surface area contributed by atoms with E-state index in [1.54, 1.807) is 0 Å². The molecule has 20 heavy (non-hydrogen) atoms. The van der Waals surface area contributed by atoms with Crippen LogP contribution in [0.2, 0.25) is 0 Å². The van der Waals surface area contributed by atoms with Crippen molar-refractivity contribution in [1.82, 2.24) is 5.32 Å². The molecule has 1 aromatic carbocycles. The molecule has 4 N–H and O–H groups in total.